The number of rotatable bonds is 7. The number of likely N-dealkylation sites (tertiary alicyclic amines) is 1. The fourth-order valence-corrected chi connectivity index (χ4v) is 3.40. The number of carbonyl (C=O) groups is 1. The zero-order chi connectivity index (χ0) is 20.6. The van der Waals surface area contributed by atoms with Crippen molar-refractivity contribution in [2.24, 2.45) is 5.92 Å². The van der Waals surface area contributed by atoms with Gasteiger partial charge in [-0.05, 0) is 54.6 Å². The molecule has 1 heterocycles. The maximum atomic E-state index is 12.0. The summed E-state index contributed by atoms with van der Waals surface area (Å²) < 4.78 is 0. The molecule has 2 aromatic rings. The molecule has 1 fully saturated rings. The number of carbonyl (C=O) groups excluding carboxylic acids is 1. The summed E-state index contributed by atoms with van der Waals surface area (Å²) in [6, 6.07) is 14.5. The molecule has 1 aliphatic rings. The molecule has 6 heteroatoms. The van der Waals surface area contributed by atoms with Crippen LogP contribution in [-0.4, -0.2) is 28.8 Å². The van der Waals surface area contributed by atoms with Gasteiger partial charge in [0.05, 0.1) is 4.92 Å². The third-order valence-corrected chi connectivity index (χ3v) is 5.28. The average molecular weight is 393 g/mol. The quantitative estimate of drug-likeness (QED) is 0.435. The van der Waals surface area contributed by atoms with Crippen molar-refractivity contribution in [1.29, 1.82) is 0 Å². The Hall–Kier alpha value is -2.99. The number of benzene rings is 2. The van der Waals surface area contributed by atoms with Crippen LogP contribution in [0.3, 0.4) is 0 Å². The molecule has 0 atom stereocenters. The predicted octanol–water partition coefficient (Wildman–Crippen LogP) is 4.16. The van der Waals surface area contributed by atoms with Gasteiger partial charge in [-0.2, -0.15) is 0 Å². The lowest BCUT2D eigenvalue weighted by Crippen LogP contribution is -2.32. The van der Waals surface area contributed by atoms with Crippen molar-refractivity contribution in [2.75, 3.05) is 13.1 Å². The monoisotopic (exact) mass is 393 g/mol. The highest BCUT2D eigenvalue weighted by molar-refractivity contribution is 5.91. The van der Waals surface area contributed by atoms with Gasteiger partial charge >= 0.3 is 0 Å². The zero-order valence-corrected chi connectivity index (χ0v) is 16.7. The van der Waals surface area contributed by atoms with E-state index in [0.717, 1.165) is 31.1 Å². The van der Waals surface area contributed by atoms with Crippen LogP contribution in [0.25, 0.3) is 6.08 Å². The lowest BCUT2D eigenvalue weighted by Gasteiger charge is -2.30. The van der Waals surface area contributed by atoms with Gasteiger partial charge in [0.2, 0.25) is 5.91 Å². The summed E-state index contributed by atoms with van der Waals surface area (Å²) in [6.45, 7) is 6.07. The number of amides is 1. The first kappa shape index (κ1) is 20.7. The van der Waals surface area contributed by atoms with E-state index in [-0.39, 0.29) is 11.6 Å². The van der Waals surface area contributed by atoms with E-state index in [4.69, 9.17) is 0 Å². The highest BCUT2D eigenvalue weighted by Gasteiger charge is 2.15. The van der Waals surface area contributed by atoms with Crippen LogP contribution in [-0.2, 0) is 17.9 Å². The molecule has 2 aromatic carbocycles. The van der Waals surface area contributed by atoms with Crippen molar-refractivity contribution in [3.05, 3.63) is 81.4 Å². The minimum absolute atomic E-state index is 0.00622. The summed E-state index contributed by atoms with van der Waals surface area (Å²) in [4.78, 5) is 24.9. The molecule has 29 heavy (non-hydrogen) atoms. The molecule has 0 radical (unpaired) electrons. The number of nitro benzene ring substituents is 1. The lowest BCUT2D eigenvalue weighted by atomic mass is 9.99. The van der Waals surface area contributed by atoms with Gasteiger partial charge in [-0.25, -0.2) is 0 Å². The summed E-state index contributed by atoms with van der Waals surface area (Å²) in [5.74, 6) is 0.603. The van der Waals surface area contributed by atoms with E-state index in [1.165, 1.54) is 36.6 Å². The molecule has 1 N–H and O–H groups in total. The summed E-state index contributed by atoms with van der Waals surface area (Å²) in [7, 11) is 0. The van der Waals surface area contributed by atoms with Crippen LogP contribution in [0.1, 0.15) is 36.5 Å². The number of nitrogens with zero attached hydrogens (tertiary/aromatic N) is 2. The summed E-state index contributed by atoms with van der Waals surface area (Å²) >= 11 is 0. The van der Waals surface area contributed by atoms with Crippen molar-refractivity contribution in [1.82, 2.24) is 10.2 Å². The molecule has 1 aliphatic heterocycles. The van der Waals surface area contributed by atoms with Gasteiger partial charge in [-0.1, -0.05) is 43.3 Å². The second-order valence-corrected chi connectivity index (χ2v) is 7.68. The van der Waals surface area contributed by atoms with E-state index in [0.29, 0.717) is 12.1 Å². The van der Waals surface area contributed by atoms with Crippen LogP contribution in [0, 0.1) is 16.0 Å². The standard InChI is InChI=1S/C23H27N3O3/c1-18-11-13-25(14-12-18)17-21-7-5-20(6-8-21)16-24-23(27)10-9-19-3-2-4-22(15-19)26(28)29/h2-10,15,18H,11-14,16-17H2,1H3,(H,24,27)/b10-9+. The van der Waals surface area contributed by atoms with Crippen LogP contribution >= 0.6 is 0 Å². The van der Waals surface area contributed by atoms with Crippen LogP contribution < -0.4 is 5.32 Å². The number of non-ortho nitro benzene ring substituents is 1. The Morgan fingerprint density at radius 3 is 2.55 bits per heavy atom. The fraction of sp³-hybridized carbons (Fsp3) is 0.348. The van der Waals surface area contributed by atoms with Gasteiger partial charge in [-0.3, -0.25) is 19.8 Å². The largest absolute Gasteiger partial charge is 0.348 e. The molecule has 0 aromatic heterocycles. The molecule has 0 unspecified atom stereocenters. The van der Waals surface area contributed by atoms with Crippen molar-refractivity contribution >= 4 is 17.7 Å². The molecule has 152 valence electrons. The van der Waals surface area contributed by atoms with Gasteiger partial charge in [0.1, 0.15) is 0 Å². The van der Waals surface area contributed by atoms with E-state index in [2.05, 4.69) is 29.3 Å². The smallest absolute Gasteiger partial charge is 0.270 e. The second kappa shape index (κ2) is 9.98. The third-order valence-electron chi connectivity index (χ3n) is 5.28. The van der Waals surface area contributed by atoms with Crippen molar-refractivity contribution in [3.8, 4) is 0 Å². The first-order valence-corrected chi connectivity index (χ1v) is 10.00. The van der Waals surface area contributed by atoms with Crippen LogP contribution in [0.5, 0.6) is 0 Å². The topological polar surface area (TPSA) is 75.5 Å². The summed E-state index contributed by atoms with van der Waals surface area (Å²) in [5.41, 5.74) is 2.95. The molecule has 0 aliphatic carbocycles. The van der Waals surface area contributed by atoms with E-state index in [9.17, 15) is 14.9 Å². The number of hydrogen-bond donors (Lipinski definition) is 1. The van der Waals surface area contributed by atoms with Crippen LogP contribution in [0.2, 0.25) is 0 Å². The summed E-state index contributed by atoms with van der Waals surface area (Å²) in [6.07, 6.45) is 5.51. The van der Waals surface area contributed by atoms with Crippen molar-refractivity contribution < 1.29 is 9.72 Å². The molecular formula is C23H27N3O3. The molecule has 0 spiro atoms. The Balaban J connectivity index is 1.46. The maximum Gasteiger partial charge on any atom is 0.270 e. The molecule has 0 saturated carbocycles. The lowest BCUT2D eigenvalue weighted by molar-refractivity contribution is -0.384. The maximum absolute atomic E-state index is 12.0. The Kier molecular flexibility index (Phi) is 7.14. The highest BCUT2D eigenvalue weighted by atomic mass is 16.6. The number of hydrogen-bond acceptors (Lipinski definition) is 4. The first-order chi connectivity index (χ1) is 14.0. The van der Waals surface area contributed by atoms with Crippen molar-refractivity contribution in [2.45, 2.75) is 32.9 Å². The van der Waals surface area contributed by atoms with Gasteiger partial charge < -0.3 is 5.32 Å². The Labute approximate surface area is 171 Å². The van der Waals surface area contributed by atoms with E-state index in [1.807, 2.05) is 12.1 Å². The second-order valence-electron chi connectivity index (χ2n) is 7.68. The van der Waals surface area contributed by atoms with Gasteiger partial charge in [-0.15, -0.1) is 0 Å². The molecular weight excluding hydrogens is 366 g/mol. The van der Waals surface area contributed by atoms with E-state index < -0.39 is 4.92 Å². The highest BCUT2D eigenvalue weighted by Crippen LogP contribution is 2.18. The fourth-order valence-electron chi connectivity index (χ4n) is 3.40. The Morgan fingerprint density at radius 1 is 1.17 bits per heavy atom. The SMILES string of the molecule is CC1CCN(Cc2ccc(CNC(=O)/C=C/c3cccc([N+](=O)[O-])c3)cc2)CC1. The molecule has 6 nitrogen and oxygen atoms in total. The number of nitro groups is 1. The third kappa shape index (κ3) is 6.54. The minimum Gasteiger partial charge on any atom is -0.348 e. The normalized spacial score (nSPS) is 15.5. The molecule has 0 bridgehead atoms. The first-order valence-electron chi connectivity index (χ1n) is 10.00. The minimum atomic E-state index is -0.452. The van der Waals surface area contributed by atoms with Crippen molar-refractivity contribution in [3.63, 3.8) is 0 Å². The summed E-state index contributed by atoms with van der Waals surface area (Å²) in [5, 5.41) is 13.6. The molecule has 3 rings (SSSR count). The molecule has 1 amide bonds. The van der Waals surface area contributed by atoms with Crippen LogP contribution in [0.15, 0.2) is 54.6 Å². The predicted molar refractivity (Wildman–Crippen MR) is 114 cm³/mol. The average Bonchev–Trinajstić information content (AvgIpc) is 2.73. The zero-order valence-electron chi connectivity index (χ0n) is 16.7. The Morgan fingerprint density at radius 2 is 1.86 bits per heavy atom. The number of piperidine rings is 1. The van der Waals surface area contributed by atoms with E-state index >= 15 is 0 Å². The number of nitrogens with one attached hydrogen (secondary N) is 1. The van der Waals surface area contributed by atoms with Gasteiger partial charge in [0, 0.05) is 31.3 Å². The Bertz CT molecular complexity index is 869. The van der Waals surface area contributed by atoms with Crippen LogP contribution in [0.4, 0.5) is 5.69 Å². The van der Waals surface area contributed by atoms with Gasteiger partial charge in [0.25, 0.3) is 5.69 Å². The van der Waals surface area contributed by atoms with Gasteiger partial charge in [0.15, 0.2) is 0 Å². The molecule has 1 saturated heterocycles. The van der Waals surface area contributed by atoms with E-state index in [1.54, 1.807) is 18.2 Å².